The first kappa shape index (κ1) is 14.4. The molecule has 0 aliphatic carbocycles. The molecule has 0 saturated carbocycles. The first-order valence-electron chi connectivity index (χ1n) is 5.74. The number of rotatable bonds is 8. The standard InChI is InChI=1S/C13H21NO2S/c1-15-6-3-7-17-10-11-4-5-13(16-2)12(8-11)9-14/h4-5,8H,3,6-7,9-10,14H2,1-2H3. The molecule has 0 unspecified atom stereocenters. The van der Waals surface area contributed by atoms with Crippen LogP contribution in [-0.4, -0.2) is 26.6 Å². The normalized spacial score (nSPS) is 10.5. The predicted molar refractivity (Wildman–Crippen MR) is 73.5 cm³/mol. The summed E-state index contributed by atoms with van der Waals surface area (Å²) >= 11 is 1.92. The summed E-state index contributed by atoms with van der Waals surface area (Å²) in [4.78, 5) is 0. The predicted octanol–water partition coefficient (Wildman–Crippen LogP) is 2.42. The third kappa shape index (κ3) is 4.98. The van der Waals surface area contributed by atoms with Crippen molar-refractivity contribution in [3.63, 3.8) is 0 Å². The highest BCUT2D eigenvalue weighted by molar-refractivity contribution is 7.98. The maximum atomic E-state index is 5.69. The van der Waals surface area contributed by atoms with Gasteiger partial charge in [-0.2, -0.15) is 11.8 Å². The van der Waals surface area contributed by atoms with E-state index in [-0.39, 0.29) is 0 Å². The van der Waals surface area contributed by atoms with Crippen molar-refractivity contribution >= 4 is 11.8 Å². The van der Waals surface area contributed by atoms with Gasteiger partial charge in [0.05, 0.1) is 7.11 Å². The minimum atomic E-state index is 0.519. The largest absolute Gasteiger partial charge is 0.496 e. The van der Waals surface area contributed by atoms with Gasteiger partial charge in [0.1, 0.15) is 5.75 Å². The second-order valence-electron chi connectivity index (χ2n) is 3.75. The van der Waals surface area contributed by atoms with E-state index >= 15 is 0 Å². The number of benzene rings is 1. The summed E-state index contributed by atoms with van der Waals surface area (Å²) in [6.45, 7) is 1.36. The van der Waals surface area contributed by atoms with Gasteiger partial charge in [-0.1, -0.05) is 6.07 Å². The van der Waals surface area contributed by atoms with Crippen LogP contribution in [0, 0.1) is 0 Å². The molecule has 4 heteroatoms. The third-order valence-electron chi connectivity index (χ3n) is 2.47. The summed E-state index contributed by atoms with van der Waals surface area (Å²) in [6, 6.07) is 6.22. The van der Waals surface area contributed by atoms with Gasteiger partial charge in [-0.05, 0) is 29.9 Å². The van der Waals surface area contributed by atoms with Crippen molar-refractivity contribution in [2.24, 2.45) is 5.73 Å². The highest BCUT2D eigenvalue weighted by atomic mass is 32.2. The van der Waals surface area contributed by atoms with Gasteiger partial charge in [-0.3, -0.25) is 0 Å². The van der Waals surface area contributed by atoms with Gasteiger partial charge < -0.3 is 15.2 Å². The molecule has 2 N–H and O–H groups in total. The van der Waals surface area contributed by atoms with Crippen molar-refractivity contribution in [3.8, 4) is 5.75 Å². The van der Waals surface area contributed by atoms with Gasteiger partial charge >= 0.3 is 0 Å². The molecule has 1 aromatic rings. The lowest BCUT2D eigenvalue weighted by Gasteiger charge is -2.09. The molecular formula is C13H21NO2S. The number of hydrogen-bond acceptors (Lipinski definition) is 4. The molecule has 17 heavy (non-hydrogen) atoms. The Morgan fingerprint density at radius 1 is 1.29 bits per heavy atom. The van der Waals surface area contributed by atoms with E-state index in [0.717, 1.165) is 35.8 Å². The highest BCUT2D eigenvalue weighted by Crippen LogP contribution is 2.22. The average Bonchev–Trinajstić information content (AvgIpc) is 2.38. The maximum absolute atomic E-state index is 5.69. The Kier molecular flexibility index (Phi) is 7.08. The maximum Gasteiger partial charge on any atom is 0.123 e. The van der Waals surface area contributed by atoms with E-state index < -0.39 is 0 Å². The minimum Gasteiger partial charge on any atom is -0.496 e. The smallest absolute Gasteiger partial charge is 0.123 e. The third-order valence-corrected chi connectivity index (χ3v) is 3.59. The zero-order valence-electron chi connectivity index (χ0n) is 10.6. The van der Waals surface area contributed by atoms with Crippen LogP contribution in [0.2, 0.25) is 0 Å². The van der Waals surface area contributed by atoms with Crippen molar-refractivity contribution in [2.75, 3.05) is 26.6 Å². The van der Waals surface area contributed by atoms with Crippen LogP contribution in [0.1, 0.15) is 17.5 Å². The lowest BCUT2D eigenvalue weighted by Crippen LogP contribution is -2.00. The summed E-state index contributed by atoms with van der Waals surface area (Å²) in [5.74, 6) is 3.01. The van der Waals surface area contributed by atoms with E-state index in [4.69, 9.17) is 15.2 Å². The molecule has 0 radical (unpaired) electrons. The molecule has 0 aliphatic rings. The Bertz CT molecular complexity index is 331. The van der Waals surface area contributed by atoms with E-state index in [1.54, 1.807) is 14.2 Å². The molecule has 0 aliphatic heterocycles. The van der Waals surface area contributed by atoms with Gasteiger partial charge in [-0.15, -0.1) is 0 Å². The molecule has 0 atom stereocenters. The van der Waals surface area contributed by atoms with Gasteiger partial charge in [0.2, 0.25) is 0 Å². The number of ether oxygens (including phenoxy) is 2. The minimum absolute atomic E-state index is 0.519. The number of thioether (sulfide) groups is 1. The summed E-state index contributed by atoms with van der Waals surface area (Å²) < 4.78 is 10.3. The Labute approximate surface area is 108 Å². The fraction of sp³-hybridized carbons (Fsp3) is 0.538. The molecule has 0 fully saturated rings. The van der Waals surface area contributed by atoms with Gasteiger partial charge in [-0.25, -0.2) is 0 Å². The van der Waals surface area contributed by atoms with Gasteiger partial charge in [0, 0.05) is 31.6 Å². The number of nitrogens with two attached hydrogens (primary N) is 1. The van der Waals surface area contributed by atoms with Crippen molar-refractivity contribution in [1.29, 1.82) is 0 Å². The van der Waals surface area contributed by atoms with Crippen LogP contribution in [0.3, 0.4) is 0 Å². The number of hydrogen-bond donors (Lipinski definition) is 1. The lowest BCUT2D eigenvalue weighted by molar-refractivity contribution is 0.200. The molecule has 0 aromatic heterocycles. The van der Waals surface area contributed by atoms with Crippen LogP contribution in [-0.2, 0) is 17.0 Å². The molecule has 3 nitrogen and oxygen atoms in total. The first-order chi connectivity index (χ1) is 8.31. The second kappa shape index (κ2) is 8.39. The van der Waals surface area contributed by atoms with Crippen LogP contribution in [0.15, 0.2) is 18.2 Å². The topological polar surface area (TPSA) is 44.5 Å². The zero-order valence-corrected chi connectivity index (χ0v) is 11.4. The Morgan fingerprint density at radius 3 is 2.76 bits per heavy atom. The van der Waals surface area contributed by atoms with Crippen molar-refractivity contribution in [2.45, 2.75) is 18.7 Å². The van der Waals surface area contributed by atoms with Crippen LogP contribution in [0.5, 0.6) is 5.75 Å². The van der Waals surface area contributed by atoms with Gasteiger partial charge in [0.25, 0.3) is 0 Å². The van der Waals surface area contributed by atoms with Crippen molar-refractivity contribution in [3.05, 3.63) is 29.3 Å². The summed E-state index contributed by atoms with van der Waals surface area (Å²) in [5.41, 5.74) is 8.06. The fourth-order valence-corrected chi connectivity index (χ4v) is 2.46. The molecule has 0 bridgehead atoms. The summed E-state index contributed by atoms with van der Waals surface area (Å²) in [6.07, 6.45) is 1.10. The highest BCUT2D eigenvalue weighted by Gasteiger charge is 2.02. The Hall–Kier alpha value is -0.710. The molecule has 0 amide bonds. The molecule has 0 spiro atoms. The average molecular weight is 255 g/mol. The SMILES string of the molecule is COCCCSCc1ccc(OC)c(CN)c1. The zero-order chi connectivity index (χ0) is 12.5. The van der Waals surface area contributed by atoms with Gasteiger partial charge in [0.15, 0.2) is 0 Å². The van der Waals surface area contributed by atoms with Crippen LogP contribution in [0.25, 0.3) is 0 Å². The second-order valence-corrected chi connectivity index (χ2v) is 4.85. The molecule has 1 rings (SSSR count). The fourth-order valence-electron chi connectivity index (χ4n) is 1.58. The Balaban J connectivity index is 2.43. The molecule has 96 valence electrons. The first-order valence-corrected chi connectivity index (χ1v) is 6.89. The van der Waals surface area contributed by atoms with E-state index in [1.165, 1.54) is 5.56 Å². The molecule has 1 aromatic carbocycles. The van der Waals surface area contributed by atoms with Crippen LogP contribution >= 0.6 is 11.8 Å². The molecular weight excluding hydrogens is 234 g/mol. The number of methoxy groups -OCH3 is 2. The lowest BCUT2D eigenvalue weighted by atomic mass is 10.1. The monoisotopic (exact) mass is 255 g/mol. The Morgan fingerprint density at radius 2 is 2.12 bits per heavy atom. The molecule has 0 heterocycles. The summed E-state index contributed by atoms with van der Waals surface area (Å²) in [7, 11) is 3.41. The summed E-state index contributed by atoms with van der Waals surface area (Å²) in [5, 5.41) is 0. The van der Waals surface area contributed by atoms with Crippen LogP contribution < -0.4 is 10.5 Å². The molecule has 0 saturated heterocycles. The van der Waals surface area contributed by atoms with E-state index in [0.29, 0.717) is 6.54 Å². The van der Waals surface area contributed by atoms with E-state index in [1.807, 2.05) is 17.8 Å². The van der Waals surface area contributed by atoms with Crippen molar-refractivity contribution in [1.82, 2.24) is 0 Å². The van der Waals surface area contributed by atoms with Crippen molar-refractivity contribution < 1.29 is 9.47 Å². The van der Waals surface area contributed by atoms with Crippen LogP contribution in [0.4, 0.5) is 0 Å². The quantitative estimate of drug-likeness (QED) is 0.725. The van der Waals surface area contributed by atoms with E-state index in [2.05, 4.69) is 12.1 Å². The van der Waals surface area contributed by atoms with E-state index in [9.17, 15) is 0 Å².